The van der Waals surface area contributed by atoms with Gasteiger partial charge in [0.2, 0.25) is 11.8 Å². The molecule has 1 aromatic heterocycles. The maximum Gasteiger partial charge on any atom is 0.235 e. The van der Waals surface area contributed by atoms with E-state index in [1.165, 1.54) is 30.4 Å². The molecular formula is C23H26N5O3P. The Balaban J connectivity index is 0.000000754. The van der Waals surface area contributed by atoms with Crippen molar-refractivity contribution in [2.24, 2.45) is 16.6 Å². The summed E-state index contributed by atoms with van der Waals surface area (Å²) in [6.07, 6.45) is 6.57. The monoisotopic (exact) mass is 451 g/mol. The molecule has 0 bridgehead atoms. The van der Waals surface area contributed by atoms with Gasteiger partial charge in [-0.2, -0.15) is 5.26 Å². The first kappa shape index (κ1) is 22.2. The van der Waals surface area contributed by atoms with Gasteiger partial charge in [-0.05, 0) is 35.5 Å². The van der Waals surface area contributed by atoms with E-state index in [0.717, 1.165) is 10.9 Å². The Morgan fingerprint density at radius 1 is 1.31 bits per heavy atom. The minimum atomic E-state index is -0.912. The number of aliphatic imine (C=N–C) groups is 1. The minimum absolute atomic E-state index is 0.0695. The first-order chi connectivity index (χ1) is 15.4. The molecule has 3 atom stereocenters. The van der Waals surface area contributed by atoms with Crippen LogP contribution in [0, 0.1) is 17.2 Å². The van der Waals surface area contributed by atoms with Gasteiger partial charge in [0.25, 0.3) is 0 Å². The maximum absolute atomic E-state index is 12.9. The van der Waals surface area contributed by atoms with E-state index in [0.29, 0.717) is 30.2 Å². The fraction of sp³-hybridized carbons (Fsp3) is 0.391. The summed E-state index contributed by atoms with van der Waals surface area (Å²) < 4.78 is 11.6. The van der Waals surface area contributed by atoms with Crippen molar-refractivity contribution in [2.75, 3.05) is 20.3 Å². The van der Waals surface area contributed by atoms with Gasteiger partial charge < -0.3 is 15.2 Å². The molecule has 3 heterocycles. The Hall–Kier alpha value is -3.01. The molecule has 0 radical (unpaired) electrons. The van der Waals surface area contributed by atoms with Crippen molar-refractivity contribution in [1.29, 1.82) is 5.26 Å². The number of nitrogens with zero attached hydrogens (tertiary/aromatic N) is 4. The van der Waals surface area contributed by atoms with Crippen LogP contribution < -0.4 is 15.8 Å². The molecule has 1 aromatic carbocycles. The Kier molecular flexibility index (Phi) is 6.40. The third-order valence-corrected chi connectivity index (χ3v) is 6.17. The number of ether oxygens (including phenoxy) is 2. The molecule has 2 N–H and O–H groups in total. The topological polar surface area (TPSA) is 114 Å². The van der Waals surface area contributed by atoms with Gasteiger partial charge in [0.05, 0.1) is 24.2 Å². The van der Waals surface area contributed by atoms with E-state index in [1.54, 1.807) is 25.2 Å². The number of carbonyl (C=O) groups excluding carboxylic acids is 1. The molecule has 5 rings (SSSR count). The number of hydrogen-bond donors (Lipinski definition) is 1. The van der Waals surface area contributed by atoms with Crippen molar-refractivity contribution in [3.63, 3.8) is 0 Å². The van der Waals surface area contributed by atoms with Crippen molar-refractivity contribution in [3.05, 3.63) is 47.7 Å². The molecule has 32 heavy (non-hydrogen) atoms. The highest BCUT2D eigenvalue weighted by Crippen LogP contribution is 2.43. The summed E-state index contributed by atoms with van der Waals surface area (Å²) in [5.74, 6) is 0.550. The highest BCUT2D eigenvalue weighted by atomic mass is 31.0. The number of hydrogen-bond acceptors (Lipinski definition) is 7. The van der Waals surface area contributed by atoms with Crippen LogP contribution in [0.5, 0.6) is 11.6 Å². The number of fused-ring (bicyclic) bond motifs is 1. The summed E-state index contributed by atoms with van der Waals surface area (Å²) >= 11 is 0. The quantitative estimate of drug-likeness (QED) is 0.717. The standard InChI is InChI=1S/C20H20N5O3P.C3H6/c1-25-18(26)14-5-7-27-11-20(14,24-19(25)22)15-9-13(2-3-16(15)29)28-17-8-12(10-21)4-6-23-17;1-2-3-1/h2-4,6,8-9,14H,5,7,11,29H2,1H3,(H2,22,24);1-3H2. The van der Waals surface area contributed by atoms with Crippen LogP contribution in [-0.2, 0) is 15.1 Å². The molecular weight excluding hydrogens is 425 g/mol. The Morgan fingerprint density at radius 2 is 2.09 bits per heavy atom. The predicted molar refractivity (Wildman–Crippen MR) is 124 cm³/mol. The van der Waals surface area contributed by atoms with Gasteiger partial charge in [0.1, 0.15) is 11.3 Å². The SMILES string of the molecule is C1CC1.CN1C(=O)C2CCOCC2(c2cc(Oc3cc(C#N)ccn3)ccc2P)N=C1N. The number of nitriles is 1. The van der Waals surface area contributed by atoms with Crippen molar-refractivity contribution in [3.8, 4) is 17.7 Å². The van der Waals surface area contributed by atoms with Crippen LogP contribution in [0.3, 0.4) is 0 Å². The number of guanidine groups is 1. The average molecular weight is 451 g/mol. The van der Waals surface area contributed by atoms with Crippen molar-refractivity contribution in [1.82, 2.24) is 9.88 Å². The average Bonchev–Trinajstić information content (AvgIpc) is 3.69. The molecule has 0 spiro atoms. The van der Waals surface area contributed by atoms with Crippen molar-refractivity contribution in [2.45, 2.75) is 31.2 Å². The molecule has 9 heteroatoms. The zero-order valence-corrected chi connectivity index (χ0v) is 19.1. The minimum Gasteiger partial charge on any atom is -0.439 e. The van der Waals surface area contributed by atoms with Gasteiger partial charge in [-0.1, -0.05) is 25.3 Å². The van der Waals surface area contributed by atoms with E-state index in [-0.39, 0.29) is 24.4 Å². The summed E-state index contributed by atoms with van der Waals surface area (Å²) in [5.41, 5.74) is 6.40. The number of nitrogens with two attached hydrogens (primary N) is 1. The second-order valence-corrected chi connectivity index (χ2v) is 8.71. The summed E-state index contributed by atoms with van der Waals surface area (Å²) in [6.45, 7) is 0.750. The normalized spacial score (nSPS) is 23.8. The molecule has 166 valence electrons. The van der Waals surface area contributed by atoms with Gasteiger partial charge in [-0.3, -0.25) is 9.69 Å². The molecule has 3 unspecified atom stereocenters. The van der Waals surface area contributed by atoms with Gasteiger partial charge >= 0.3 is 0 Å². The van der Waals surface area contributed by atoms with Crippen LogP contribution in [0.2, 0.25) is 0 Å². The lowest BCUT2D eigenvalue weighted by molar-refractivity contribution is -0.140. The number of aromatic nitrogens is 1. The van der Waals surface area contributed by atoms with Crippen LogP contribution in [0.1, 0.15) is 36.8 Å². The van der Waals surface area contributed by atoms with Gasteiger partial charge in [-0.15, -0.1) is 9.24 Å². The Bertz CT molecular complexity index is 1090. The number of carbonyl (C=O) groups is 1. The molecule has 2 fully saturated rings. The van der Waals surface area contributed by atoms with E-state index in [9.17, 15) is 4.79 Å². The Morgan fingerprint density at radius 3 is 2.81 bits per heavy atom. The number of benzene rings is 1. The zero-order chi connectivity index (χ0) is 22.7. The number of amides is 1. The molecule has 1 aliphatic carbocycles. The van der Waals surface area contributed by atoms with E-state index in [2.05, 4.69) is 20.3 Å². The van der Waals surface area contributed by atoms with Crippen molar-refractivity contribution >= 4 is 26.4 Å². The lowest BCUT2D eigenvalue weighted by atomic mass is 9.74. The molecule has 2 aliphatic heterocycles. The van der Waals surface area contributed by atoms with E-state index in [4.69, 9.17) is 25.5 Å². The van der Waals surface area contributed by atoms with Gasteiger partial charge in [0.15, 0.2) is 5.96 Å². The van der Waals surface area contributed by atoms with Crippen LogP contribution in [-0.4, -0.2) is 42.0 Å². The fourth-order valence-corrected chi connectivity index (χ4v) is 4.22. The van der Waals surface area contributed by atoms with Crippen LogP contribution >= 0.6 is 9.24 Å². The fourth-order valence-electron chi connectivity index (χ4n) is 3.79. The van der Waals surface area contributed by atoms with E-state index >= 15 is 0 Å². The smallest absolute Gasteiger partial charge is 0.235 e. The first-order valence-electron chi connectivity index (χ1n) is 10.6. The lowest BCUT2D eigenvalue weighted by Gasteiger charge is -2.45. The van der Waals surface area contributed by atoms with Crippen LogP contribution in [0.15, 0.2) is 41.5 Å². The summed E-state index contributed by atoms with van der Waals surface area (Å²) in [4.78, 5) is 23.2. The molecule has 1 saturated heterocycles. The first-order valence-corrected chi connectivity index (χ1v) is 11.2. The summed E-state index contributed by atoms with van der Waals surface area (Å²) in [5, 5.41) is 9.94. The van der Waals surface area contributed by atoms with E-state index in [1.807, 2.05) is 12.1 Å². The molecule has 3 aliphatic rings. The molecule has 1 saturated carbocycles. The third kappa shape index (κ3) is 4.45. The van der Waals surface area contributed by atoms with Crippen LogP contribution in [0.4, 0.5) is 0 Å². The zero-order valence-electron chi connectivity index (χ0n) is 18.0. The van der Waals surface area contributed by atoms with Crippen LogP contribution in [0.25, 0.3) is 0 Å². The largest absolute Gasteiger partial charge is 0.439 e. The highest BCUT2D eigenvalue weighted by molar-refractivity contribution is 7.27. The lowest BCUT2D eigenvalue weighted by Crippen LogP contribution is -2.59. The molecule has 1 amide bonds. The van der Waals surface area contributed by atoms with Gasteiger partial charge in [-0.25, -0.2) is 9.98 Å². The Labute approximate surface area is 189 Å². The molecule has 8 nitrogen and oxygen atoms in total. The summed E-state index contributed by atoms with van der Waals surface area (Å²) in [7, 11) is 4.32. The third-order valence-electron chi connectivity index (χ3n) is 5.67. The molecule has 2 aromatic rings. The summed E-state index contributed by atoms with van der Waals surface area (Å²) in [6, 6.07) is 10.7. The second kappa shape index (κ2) is 9.23. The van der Waals surface area contributed by atoms with Gasteiger partial charge in [0, 0.05) is 25.9 Å². The second-order valence-electron chi connectivity index (χ2n) is 8.09. The predicted octanol–water partition coefficient (Wildman–Crippen LogP) is 2.43. The van der Waals surface area contributed by atoms with Crippen molar-refractivity contribution < 1.29 is 14.3 Å². The highest BCUT2D eigenvalue weighted by Gasteiger charge is 2.52. The number of pyridine rings is 1. The maximum atomic E-state index is 12.9. The number of rotatable bonds is 3. The van der Waals surface area contributed by atoms with E-state index < -0.39 is 5.54 Å².